The molecule has 1 saturated carbocycles. The molecule has 2 rings (SSSR count). The van der Waals surface area contributed by atoms with E-state index in [0.717, 1.165) is 19.7 Å². The Hall–Kier alpha value is -0.643. The van der Waals surface area contributed by atoms with Crippen molar-refractivity contribution in [1.29, 1.82) is 0 Å². The highest BCUT2D eigenvalue weighted by atomic mass is 28.3. The summed E-state index contributed by atoms with van der Waals surface area (Å²) < 4.78 is 5.85. The summed E-state index contributed by atoms with van der Waals surface area (Å²) in [5, 5.41) is 5.00. The maximum atomic E-state index is 5.85. The molecular formula is C17H29NOSi. The highest BCUT2D eigenvalue weighted by molar-refractivity contribution is 6.88. The predicted octanol–water partition coefficient (Wildman–Crippen LogP) is 3.28. The molecule has 0 spiro atoms. The molecule has 1 aliphatic rings. The van der Waals surface area contributed by atoms with Crippen LogP contribution in [0, 0.1) is 0 Å². The van der Waals surface area contributed by atoms with Gasteiger partial charge in [-0.15, -0.1) is 0 Å². The third-order valence-electron chi connectivity index (χ3n) is 4.08. The first-order valence-electron chi connectivity index (χ1n) is 7.97. The SMILES string of the molecule is C[Si](C)(C)c1ccc(CNCCOC2CCCC2)cc1. The first-order valence-corrected chi connectivity index (χ1v) is 11.5. The van der Waals surface area contributed by atoms with Crippen molar-refractivity contribution in [3.05, 3.63) is 29.8 Å². The van der Waals surface area contributed by atoms with Crippen LogP contribution in [-0.4, -0.2) is 27.3 Å². The maximum Gasteiger partial charge on any atom is 0.0775 e. The Kier molecular flexibility index (Phi) is 5.82. The molecular weight excluding hydrogens is 262 g/mol. The van der Waals surface area contributed by atoms with Gasteiger partial charge in [0.2, 0.25) is 0 Å². The molecule has 0 aromatic heterocycles. The molecule has 0 unspecified atom stereocenters. The molecule has 1 aliphatic carbocycles. The van der Waals surface area contributed by atoms with Crippen molar-refractivity contribution in [2.75, 3.05) is 13.2 Å². The van der Waals surface area contributed by atoms with Crippen molar-refractivity contribution in [2.45, 2.75) is 58.0 Å². The summed E-state index contributed by atoms with van der Waals surface area (Å²) in [6.07, 6.45) is 5.76. The second kappa shape index (κ2) is 7.39. The maximum absolute atomic E-state index is 5.85. The van der Waals surface area contributed by atoms with Crippen LogP contribution in [0.3, 0.4) is 0 Å². The number of benzene rings is 1. The predicted molar refractivity (Wildman–Crippen MR) is 89.3 cm³/mol. The zero-order chi connectivity index (χ0) is 14.4. The normalized spacial score (nSPS) is 16.8. The molecule has 1 aromatic rings. The summed E-state index contributed by atoms with van der Waals surface area (Å²) in [5.41, 5.74) is 1.37. The molecule has 0 atom stereocenters. The van der Waals surface area contributed by atoms with Gasteiger partial charge >= 0.3 is 0 Å². The molecule has 0 aliphatic heterocycles. The Morgan fingerprint density at radius 2 is 1.75 bits per heavy atom. The average Bonchev–Trinajstić information content (AvgIpc) is 2.91. The highest BCUT2D eigenvalue weighted by Gasteiger charge is 2.16. The van der Waals surface area contributed by atoms with E-state index in [1.807, 2.05) is 0 Å². The number of hydrogen-bond acceptors (Lipinski definition) is 2. The number of rotatable bonds is 7. The largest absolute Gasteiger partial charge is 0.377 e. The number of hydrogen-bond donors (Lipinski definition) is 1. The minimum Gasteiger partial charge on any atom is -0.377 e. The van der Waals surface area contributed by atoms with Gasteiger partial charge in [-0.1, -0.05) is 61.9 Å². The van der Waals surface area contributed by atoms with E-state index in [0.29, 0.717) is 6.10 Å². The standard InChI is InChI=1S/C17H29NOSi/c1-20(2,3)17-10-8-15(9-11-17)14-18-12-13-19-16-6-4-5-7-16/h8-11,16,18H,4-7,12-14H2,1-3H3. The van der Waals surface area contributed by atoms with Crippen LogP contribution < -0.4 is 10.5 Å². The summed E-state index contributed by atoms with van der Waals surface area (Å²) in [6.45, 7) is 9.91. The fourth-order valence-corrected chi connectivity index (χ4v) is 3.87. The van der Waals surface area contributed by atoms with E-state index in [4.69, 9.17) is 4.74 Å². The molecule has 0 saturated heterocycles. The minimum absolute atomic E-state index is 0.535. The van der Waals surface area contributed by atoms with E-state index < -0.39 is 8.07 Å². The molecule has 0 radical (unpaired) electrons. The van der Waals surface area contributed by atoms with E-state index in [-0.39, 0.29) is 0 Å². The van der Waals surface area contributed by atoms with E-state index in [1.165, 1.54) is 36.4 Å². The van der Waals surface area contributed by atoms with Gasteiger partial charge in [0.15, 0.2) is 0 Å². The molecule has 1 fully saturated rings. The molecule has 2 nitrogen and oxygen atoms in total. The molecule has 0 heterocycles. The lowest BCUT2D eigenvalue weighted by atomic mass is 10.2. The lowest BCUT2D eigenvalue weighted by Gasteiger charge is -2.17. The smallest absolute Gasteiger partial charge is 0.0775 e. The fraction of sp³-hybridized carbons (Fsp3) is 0.647. The van der Waals surface area contributed by atoms with Crippen LogP contribution in [0.4, 0.5) is 0 Å². The Morgan fingerprint density at radius 3 is 2.35 bits per heavy atom. The summed E-state index contributed by atoms with van der Waals surface area (Å²) in [5.74, 6) is 0. The van der Waals surface area contributed by atoms with Gasteiger partial charge in [-0.2, -0.15) is 0 Å². The number of ether oxygens (including phenoxy) is 1. The second-order valence-corrected chi connectivity index (χ2v) is 12.0. The van der Waals surface area contributed by atoms with Crippen LogP contribution in [0.5, 0.6) is 0 Å². The van der Waals surface area contributed by atoms with Crippen molar-refractivity contribution in [2.24, 2.45) is 0 Å². The molecule has 1 aromatic carbocycles. The Bertz CT molecular complexity index is 390. The molecule has 0 bridgehead atoms. The van der Waals surface area contributed by atoms with Crippen molar-refractivity contribution >= 4 is 13.3 Å². The topological polar surface area (TPSA) is 21.3 Å². The summed E-state index contributed by atoms with van der Waals surface area (Å²) in [7, 11) is -1.16. The molecule has 112 valence electrons. The second-order valence-electron chi connectivity index (χ2n) is 6.90. The quantitative estimate of drug-likeness (QED) is 0.615. The average molecular weight is 292 g/mol. The van der Waals surface area contributed by atoms with E-state index in [2.05, 4.69) is 49.2 Å². The van der Waals surface area contributed by atoms with Gasteiger partial charge in [0.05, 0.1) is 20.8 Å². The van der Waals surface area contributed by atoms with Crippen LogP contribution in [0.15, 0.2) is 24.3 Å². The van der Waals surface area contributed by atoms with Crippen LogP contribution in [0.2, 0.25) is 19.6 Å². The van der Waals surface area contributed by atoms with Crippen molar-refractivity contribution in [1.82, 2.24) is 5.32 Å². The summed E-state index contributed by atoms with van der Waals surface area (Å²) >= 11 is 0. The lowest BCUT2D eigenvalue weighted by Crippen LogP contribution is -2.37. The van der Waals surface area contributed by atoms with Crippen LogP contribution in [0.25, 0.3) is 0 Å². The third-order valence-corrected chi connectivity index (χ3v) is 6.15. The molecule has 3 heteroatoms. The highest BCUT2D eigenvalue weighted by Crippen LogP contribution is 2.20. The van der Waals surface area contributed by atoms with Crippen molar-refractivity contribution < 1.29 is 4.74 Å². The zero-order valence-electron chi connectivity index (χ0n) is 13.2. The fourth-order valence-electron chi connectivity index (χ4n) is 2.71. The summed E-state index contributed by atoms with van der Waals surface area (Å²) in [6, 6.07) is 9.13. The Labute approximate surface area is 124 Å². The Balaban J connectivity index is 1.64. The molecule has 20 heavy (non-hydrogen) atoms. The van der Waals surface area contributed by atoms with Crippen LogP contribution in [0.1, 0.15) is 31.2 Å². The van der Waals surface area contributed by atoms with Gasteiger partial charge in [0.25, 0.3) is 0 Å². The van der Waals surface area contributed by atoms with Crippen molar-refractivity contribution in [3.8, 4) is 0 Å². The first-order chi connectivity index (χ1) is 9.55. The van der Waals surface area contributed by atoms with Gasteiger partial charge in [0, 0.05) is 13.1 Å². The van der Waals surface area contributed by atoms with E-state index in [1.54, 1.807) is 0 Å². The van der Waals surface area contributed by atoms with Gasteiger partial charge in [0.1, 0.15) is 0 Å². The van der Waals surface area contributed by atoms with Gasteiger partial charge in [-0.05, 0) is 18.4 Å². The minimum atomic E-state index is -1.16. The zero-order valence-corrected chi connectivity index (χ0v) is 14.2. The van der Waals surface area contributed by atoms with Crippen LogP contribution in [-0.2, 0) is 11.3 Å². The molecule has 1 N–H and O–H groups in total. The van der Waals surface area contributed by atoms with E-state index >= 15 is 0 Å². The first kappa shape index (κ1) is 15.7. The molecule has 0 amide bonds. The number of nitrogens with one attached hydrogen (secondary N) is 1. The van der Waals surface area contributed by atoms with Gasteiger partial charge < -0.3 is 10.1 Å². The van der Waals surface area contributed by atoms with Crippen molar-refractivity contribution in [3.63, 3.8) is 0 Å². The lowest BCUT2D eigenvalue weighted by molar-refractivity contribution is 0.0603. The van der Waals surface area contributed by atoms with E-state index in [9.17, 15) is 0 Å². The third kappa shape index (κ3) is 5.04. The van der Waals surface area contributed by atoms with Gasteiger partial charge in [-0.25, -0.2) is 0 Å². The Morgan fingerprint density at radius 1 is 1.10 bits per heavy atom. The summed E-state index contributed by atoms with van der Waals surface area (Å²) in [4.78, 5) is 0. The monoisotopic (exact) mass is 291 g/mol. The van der Waals surface area contributed by atoms with Gasteiger partial charge in [-0.3, -0.25) is 0 Å². The van der Waals surface area contributed by atoms with Crippen LogP contribution >= 0.6 is 0 Å².